The van der Waals surface area contributed by atoms with Gasteiger partial charge in [-0.15, -0.1) is 0 Å². The first-order valence-electron chi connectivity index (χ1n) is 14.7. The standard InChI is InChI=1S/C30H37N11O2S/c1-38(2)20-26(31)22-9-12-40(13-10-22)27-14-29(33-16-23(27)5-4-21-15-34-39(3)18-21)36-28-8-11-32-30(37-28)24-17-35-41(19-24)44(42,43)25-6-7-25/h8,11,14-19,22,25-26H,6-7,9-10,12-13,20,31H2,1-3H3,(H,32,33,36,37). The fourth-order valence-electron chi connectivity index (χ4n) is 5.41. The second-order valence-corrected chi connectivity index (χ2v) is 13.8. The molecule has 1 unspecified atom stereocenters. The van der Waals surface area contributed by atoms with Crippen LogP contribution in [0.1, 0.15) is 36.8 Å². The molecule has 2 fully saturated rings. The lowest BCUT2D eigenvalue weighted by molar-refractivity contribution is 0.274. The van der Waals surface area contributed by atoms with Gasteiger partial charge in [-0.3, -0.25) is 4.68 Å². The predicted octanol–water partition coefficient (Wildman–Crippen LogP) is 2.06. The van der Waals surface area contributed by atoms with Gasteiger partial charge in [-0.25, -0.2) is 23.4 Å². The molecular formula is C30H37N11O2S. The molecule has 0 bridgehead atoms. The lowest BCUT2D eigenvalue weighted by Gasteiger charge is -2.37. The van der Waals surface area contributed by atoms with Crippen LogP contribution in [0.3, 0.4) is 0 Å². The molecule has 1 aliphatic heterocycles. The van der Waals surface area contributed by atoms with Crippen molar-refractivity contribution < 1.29 is 8.42 Å². The number of hydrogen-bond donors (Lipinski definition) is 2. The van der Waals surface area contributed by atoms with Crippen LogP contribution >= 0.6 is 0 Å². The Bertz CT molecular complexity index is 1790. The zero-order valence-electron chi connectivity index (χ0n) is 25.1. The Morgan fingerprint density at radius 3 is 2.55 bits per heavy atom. The van der Waals surface area contributed by atoms with Crippen LogP contribution in [0.4, 0.5) is 17.3 Å². The van der Waals surface area contributed by atoms with E-state index >= 15 is 0 Å². The Morgan fingerprint density at radius 1 is 1.05 bits per heavy atom. The van der Waals surface area contributed by atoms with Crippen molar-refractivity contribution in [1.29, 1.82) is 0 Å². The van der Waals surface area contributed by atoms with Gasteiger partial charge in [0.2, 0.25) is 0 Å². The highest BCUT2D eigenvalue weighted by molar-refractivity contribution is 7.90. The molecule has 6 rings (SSSR count). The number of aryl methyl sites for hydroxylation is 1. The lowest BCUT2D eigenvalue weighted by Crippen LogP contribution is -2.45. The van der Waals surface area contributed by atoms with E-state index in [4.69, 9.17) is 5.73 Å². The summed E-state index contributed by atoms with van der Waals surface area (Å²) in [6.07, 6.45) is 13.3. The van der Waals surface area contributed by atoms with Gasteiger partial charge in [-0.2, -0.15) is 14.3 Å². The molecule has 4 aromatic rings. The van der Waals surface area contributed by atoms with Gasteiger partial charge in [0.25, 0.3) is 10.0 Å². The lowest BCUT2D eigenvalue weighted by atomic mass is 9.89. The summed E-state index contributed by atoms with van der Waals surface area (Å²) < 4.78 is 27.9. The van der Waals surface area contributed by atoms with Gasteiger partial charge >= 0.3 is 0 Å². The zero-order chi connectivity index (χ0) is 30.8. The van der Waals surface area contributed by atoms with Crippen molar-refractivity contribution in [1.82, 2.24) is 38.8 Å². The van der Waals surface area contributed by atoms with Crippen molar-refractivity contribution in [3.8, 4) is 23.2 Å². The summed E-state index contributed by atoms with van der Waals surface area (Å²) in [6.45, 7) is 2.60. The van der Waals surface area contributed by atoms with E-state index in [9.17, 15) is 8.42 Å². The van der Waals surface area contributed by atoms with Crippen LogP contribution in [0.25, 0.3) is 11.4 Å². The van der Waals surface area contributed by atoms with Gasteiger partial charge < -0.3 is 20.9 Å². The molecule has 1 aliphatic carbocycles. The molecule has 13 nitrogen and oxygen atoms in total. The minimum absolute atomic E-state index is 0.138. The van der Waals surface area contributed by atoms with Crippen LogP contribution in [-0.4, -0.2) is 92.3 Å². The highest BCUT2D eigenvalue weighted by Gasteiger charge is 2.37. The Morgan fingerprint density at radius 2 is 1.84 bits per heavy atom. The van der Waals surface area contributed by atoms with Gasteiger partial charge in [0.1, 0.15) is 11.6 Å². The number of piperidine rings is 1. The number of nitrogens with two attached hydrogens (primary N) is 1. The van der Waals surface area contributed by atoms with Gasteiger partial charge in [-0.1, -0.05) is 11.8 Å². The molecule has 44 heavy (non-hydrogen) atoms. The molecule has 1 saturated carbocycles. The summed E-state index contributed by atoms with van der Waals surface area (Å²) in [4.78, 5) is 18.1. The SMILES string of the molecule is CN(C)CC(N)C1CCN(c2cc(Nc3ccnc(-c4cnn(S(=O)(=O)C5CC5)c4)n3)ncc2C#Cc2cnn(C)c2)CC1. The summed E-state index contributed by atoms with van der Waals surface area (Å²) in [7, 11) is 2.51. The number of pyridine rings is 1. The minimum Gasteiger partial charge on any atom is -0.370 e. The molecule has 0 radical (unpaired) electrons. The number of nitrogens with one attached hydrogen (secondary N) is 1. The molecule has 4 aromatic heterocycles. The van der Waals surface area contributed by atoms with E-state index in [1.165, 1.54) is 12.4 Å². The van der Waals surface area contributed by atoms with E-state index in [0.29, 0.717) is 41.8 Å². The molecule has 1 atom stereocenters. The Balaban J connectivity index is 1.24. The van der Waals surface area contributed by atoms with Crippen molar-refractivity contribution in [2.24, 2.45) is 18.7 Å². The van der Waals surface area contributed by atoms with Crippen molar-refractivity contribution >= 4 is 27.3 Å². The third-order valence-electron chi connectivity index (χ3n) is 7.93. The maximum Gasteiger partial charge on any atom is 0.256 e. The number of rotatable bonds is 9. The first-order valence-corrected chi connectivity index (χ1v) is 16.2. The van der Waals surface area contributed by atoms with Crippen LogP contribution in [0.2, 0.25) is 0 Å². The van der Waals surface area contributed by atoms with E-state index in [2.05, 4.69) is 66.2 Å². The van der Waals surface area contributed by atoms with Crippen LogP contribution in [0.15, 0.2) is 49.3 Å². The number of likely N-dealkylation sites (N-methyl/N-ethyl adjacent to an activating group) is 1. The molecule has 14 heteroatoms. The maximum absolute atomic E-state index is 12.6. The molecule has 0 spiro atoms. The second kappa shape index (κ2) is 12.4. The Kier molecular flexibility index (Phi) is 8.35. The van der Waals surface area contributed by atoms with Crippen molar-refractivity contribution in [2.75, 3.05) is 43.9 Å². The molecular weight excluding hydrogens is 578 g/mol. The average Bonchev–Trinajstić information content (AvgIpc) is 3.61. The molecule has 5 heterocycles. The molecule has 3 N–H and O–H groups in total. The van der Waals surface area contributed by atoms with Crippen molar-refractivity contribution in [3.63, 3.8) is 0 Å². The summed E-state index contributed by atoms with van der Waals surface area (Å²) in [6, 6.07) is 3.87. The van der Waals surface area contributed by atoms with Crippen molar-refractivity contribution in [2.45, 2.75) is 37.0 Å². The predicted molar refractivity (Wildman–Crippen MR) is 169 cm³/mol. The third kappa shape index (κ3) is 6.75. The maximum atomic E-state index is 12.6. The van der Waals surface area contributed by atoms with E-state index in [1.807, 2.05) is 19.3 Å². The van der Waals surface area contributed by atoms with E-state index in [0.717, 1.165) is 53.4 Å². The van der Waals surface area contributed by atoms with Gasteiger partial charge in [-0.05, 0) is 51.8 Å². The highest BCUT2D eigenvalue weighted by atomic mass is 32.2. The summed E-state index contributed by atoms with van der Waals surface area (Å²) in [5, 5.41) is 11.2. The van der Waals surface area contributed by atoms with Crippen molar-refractivity contribution in [3.05, 3.63) is 60.4 Å². The number of hydrogen-bond acceptors (Lipinski definition) is 11. The monoisotopic (exact) mass is 615 g/mol. The first kappa shape index (κ1) is 29.7. The highest BCUT2D eigenvalue weighted by Crippen LogP contribution is 2.31. The summed E-state index contributed by atoms with van der Waals surface area (Å²) >= 11 is 0. The Hall–Kier alpha value is -4.32. The number of nitrogens with zero attached hydrogens (tertiary/aromatic N) is 9. The second-order valence-electron chi connectivity index (χ2n) is 11.7. The fraction of sp³-hybridized carbons (Fsp3) is 0.433. The molecule has 230 valence electrons. The molecule has 0 aromatic carbocycles. The first-order chi connectivity index (χ1) is 21.2. The molecule has 0 amide bonds. The third-order valence-corrected chi connectivity index (χ3v) is 9.96. The van der Waals surface area contributed by atoms with Crippen LogP contribution in [-0.2, 0) is 17.1 Å². The zero-order valence-corrected chi connectivity index (χ0v) is 25.9. The van der Waals surface area contributed by atoms with E-state index in [-0.39, 0.29) is 11.3 Å². The number of anilines is 3. The van der Waals surface area contributed by atoms with Crippen LogP contribution < -0.4 is 16.0 Å². The van der Waals surface area contributed by atoms with E-state index < -0.39 is 10.0 Å². The fourth-order valence-corrected chi connectivity index (χ4v) is 6.89. The quantitative estimate of drug-likeness (QED) is 0.266. The molecule has 1 saturated heterocycles. The van der Waals surface area contributed by atoms with Crippen LogP contribution in [0, 0.1) is 17.8 Å². The molecule has 2 aliphatic rings. The number of aromatic nitrogens is 7. The smallest absolute Gasteiger partial charge is 0.256 e. The van der Waals surface area contributed by atoms with Gasteiger partial charge in [0.15, 0.2) is 5.82 Å². The van der Waals surface area contributed by atoms with Gasteiger partial charge in [0.05, 0.1) is 46.2 Å². The summed E-state index contributed by atoms with van der Waals surface area (Å²) in [5.41, 5.74) is 9.68. The van der Waals surface area contributed by atoms with E-state index in [1.54, 1.807) is 29.3 Å². The summed E-state index contributed by atoms with van der Waals surface area (Å²) in [5.74, 6) is 8.46. The topological polar surface area (TPSA) is 153 Å². The normalized spacial score (nSPS) is 16.5. The average molecular weight is 616 g/mol. The van der Waals surface area contributed by atoms with Gasteiger partial charge in [0, 0.05) is 57.4 Å². The Labute approximate surface area is 257 Å². The minimum atomic E-state index is -3.47. The largest absolute Gasteiger partial charge is 0.370 e. The van der Waals surface area contributed by atoms with Crippen LogP contribution in [0.5, 0.6) is 0 Å².